The Morgan fingerprint density at radius 3 is 2.50 bits per heavy atom. The third-order valence-electron chi connectivity index (χ3n) is 2.44. The quantitative estimate of drug-likeness (QED) is 0.783. The lowest BCUT2D eigenvalue weighted by Gasteiger charge is -2.19. The molecule has 0 unspecified atom stereocenters. The molecule has 0 radical (unpaired) electrons. The van der Waals surface area contributed by atoms with Gasteiger partial charge in [-0.05, 0) is 38.5 Å². The number of carbonyl (C=O) groups is 2. The van der Waals surface area contributed by atoms with E-state index in [-0.39, 0.29) is 24.7 Å². The number of aromatic carboxylic acids is 1. The average Bonchev–Trinajstić information content (AvgIpc) is 2.40. The summed E-state index contributed by atoms with van der Waals surface area (Å²) >= 11 is 0. The van der Waals surface area contributed by atoms with E-state index in [4.69, 9.17) is 19.3 Å². The molecule has 0 aliphatic carbocycles. The van der Waals surface area contributed by atoms with E-state index >= 15 is 0 Å². The van der Waals surface area contributed by atoms with E-state index in [0.717, 1.165) is 0 Å². The van der Waals surface area contributed by atoms with Gasteiger partial charge in [-0.15, -0.1) is 0 Å². The third kappa shape index (κ3) is 6.01. The molecule has 1 amide bonds. The van der Waals surface area contributed by atoms with Crippen LogP contribution in [0.15, 0.2) is 18.2 Å². The molecular formula is C15H21NO6. The molecule has 0 heterocycles. The van der Waals surface area contributed by atoms with E-state index in [1.807, 2.05) is 0 Å². The van der Waals surface area contributed by atoms with Crippen molar-refractivity contribution in [3.05, 3.63) is 29.3 Å². The van der Waals surface area contributed by atoms with Crippen molar-refractivity contribution in [1.82, 2.24) is 5.32 Å². The number of amides is 1. The first-order valence-corrected chi connectivity index (χ1v) is 6.67. The summed E-state index contributed by atoms with van der Waals surface area (Å²) in [5.41, 5.74) is 0.129. The second kappa shape index (κ2) is 7.65. The van der Waals surface area contributed by atoms with Crippen molar-refractivity contribution >= 4 is 12.1 Å². The monoisotopic (exact) mass is 311 g/mol. The summed E-state index contributed by atoms with van der Waals surface area (Å²) < 4.78 is 15.1. The normalized spacial score (nSPS) is 10.9. The molecule has 22 heavy (non-hydrogen) atoms. The van der Waals surface area contributed by atoms with Gasteiger partial charge in [-0.3, -0.25) is 0 Å². The lowest BCUT2D eigenvalue weighted by Crippen LogP contribution is -2.32. The number of carboxylic acid groups (broad SMARTS) is 1. The Balaban J connectivity index is 2.75. The molecule has 0 aromatic heterocycles. The fourth-order valence-corrected chi connectivity index (χ4v) is 1.58. The molecule has 0 saturated carbocycles. The van der Waals surface area contributed by atoms with Gasteiger partial charge in [0, 0.05) is 13.7 Å². The molecule has 0 fully saturated rings. The van der Waals surface area contributed by atoms with E-state index < -0.39 is 17.7 Å². The van der Waals surface area contributed by atoms with Gasteiger partial charge in [-0.1, -0.05) is 6.07 Å². The van der Waals surface area contributed by atoms with Crippen LogP contribution in [0.4, 0.5) is 4.79 Å². The molecule has 122 valence electrons. The molecule has 1 aromatic rings. The molecule has 0 aliphatic heterocycles. The van der Waals surface area contributed by atoms with Crippen LogP contribution in [0.25, 0.3) is 0 Å². The van der Waals surface area contributed by atoms with E-state index in [9.17, 15) is 9.59 Å². The van der Waals surface area contributed by atoms with Crippen molar-refractivity contribution in [2.45, 2.75) is 32.9 Å². The summed E-state index contributed by atoms with van der Waals surface area (Å²) in [6.45, 7) is 5.43. The molecule has 7 nitrogen and oxygen atoms in total. The highest BCUT2D eigenvalue weighted by atomic mass is 16.7. The van der Waals surface area contributed by atoms with Crippen LogP contribution in [-0.2, 0) is 16.0 Å². The fourth-order valence-electron chi connectivity index (χ4n) is 1.58. The third-order valence-corrected chi connectivity index (χ3v) is 2.44. The van der Waals surface area contributed by atoms with Crippen molar-refractivity contribution in [2.24, 2.45) is 0 Å². The SMILES string of the molecule is COCOc1cc(CNC(=O)OC(C)(C)C)ccc1C(=O)O. The maximum Gasteiger partial charge on any atom is 0.407 e. The van der Waals surface area contributed by atoms with E-state index in [0.29, 0.717) is 5.56 Å². The zero-order valence-electron chi connectivity index (χ0n) is 13.1. The Bertz CT molecular complexity index is 535. The highest BCUT2D eigenvalue weighted by Crippen LogP contribution is 2.21. The average molecular weight is 311 g/mol. The van der Waals surface area contributed by atoms with Crippen molar-refractivity contribution in [3.63, 3.8) is 0 Å². The maximum atomic E-state index is 11.6. The minimum Gasteiger partial charge on any atom is -0.478 e. The number of benzene rings is 1. The zero-order chi connectivity index (χ0) is 16.8. The Morgan fingerprint density at radius 2 is 1.95 bits per heavy atom. The molecule has 0 saturated heterocycles. The number of carbonyl (C=O) groups excluding carboxylic acids is 1. The van der Waals surface area contributed by atoms with Crippen LogP contribution >= 0.6 is 0 Å². The van der Waals surface area contributed by atoms with Crippen LogP contribution in [0, 0.1) is 0 Å². The predicted octanol–water partition coefficient (Wildman–Crippen LogP) is 2.39. The number of alkyl carbamates (subject to hydrolysis) is 1. The summed E-state index contributed by atoms with van der Waals surface area (Å²) in [7, 11) is 1.44. The molecular weight excluding hydrogens is 290 g/mol. The number of hydrogen-bond donors (Lipinski definition) is 2. The van der Waals surface area contributed by atoms with Gasteiger partial charge in [0.2, 0.25) is 0 Å². The second-order valence-electron chi connectivity index (χ2n) is 5.54. The van der Waals surface area contributed by atoms with Crippen molar-refractivity contribution in [1.29, 1.82) is 0 Å². The molecule has 0 aliphatic rings. The van der Waals surface area contributed by atoms with Gasteiger partial charge < -0.3 is 24.6 Å². The Labute approximate surface area is 129 Å². The summed E-state index contributed by atoms with van der Waals surface area (Å²) in [6, 6.07) is 4.56. The number of hydrogen-bond acceptors (Lipinski definition) is 5. The Morgan fingerprint density at radius 1 is 1.27 bits per heavy atom. The van der Waals surface area contributed by atoms with Crippen LogP contribution in [0.1, 0.15) is 36.7 Å². The zero-order valence-corrected chi connectivity index (χ0v) is 13.1. The molecule has 1 rings (SSSR count). The fraction of sp³-hybridized carbons (Fsp3) is 0.467. The van der Waals surface area contributed by atoms with Gasteiger partial charge in [-0.2, -0.15) is 0 Å². The van der Waals surface area contributed by atoms with Crippen LogP contribution in [0.5, 0.6) is 5.75 Å². The highest BCUT2D eigenvalue weighted by Gasteiger charge is 2.16. The number of ether oxygens (including phenoxy) is 3. The van der Waals surface area contributed by atoms with Gasteiger partial charge in [0.15, 0.2) is 6.79 Å². The smallest absolute Gasteiger partial charge is 0.407 e. The first-order chi connectivity index (χ1) is 10.2. The van der Waals surface area contributed by atoms with Gasteiger partial charge in [0.05, 0.1) is 0 Å². The molecule has 0 spiro atoms. The van der Waals surface area contributed by atoms with Gasteiger partial charge in [-0.25, -0.2) is 9.59 Å². The summed E-state index contributed by atoms with van der Waals surface area (Å²) in [4.78, 5) is 22.7. The molecule has 1 aromatic carbocycles. The first-order valence-electron chi connectivity index (χ1n) is 6.67. The standard InChI is InChI=1S/C15H21NO6/c1-15(2,3)22-14(19)16-8-10-5-6-11(13(17)18)12(7-10)21-9-20-4/h5-7H,8-9H2,1-4H3,(H,16,19)(H,17,18). The Kier molecular flexibility index (Phi) is 6.18. The number of rotatable bonds is 6. The number of nitrogens with one attached hydrogen (secondary N) is 1. The lowest BCUT2D eigenvalue weighted by molar-refractivity contribution is 0.0478. The van der Waals surface area contributed by atoms with Gasteiger partial charge in [0.25, 0.3) is 0 Å². The van der Waals surface area contributed by atoms with Gasteiger partial charge >= 0.3 is 12.1 Å². The summed E-state index contributed by atoms with van der Waals surface area (Å²) in [5, 5.41) is 11.7. The van der Waals surface area contributed by atoms with Gasteiger partial charge in [0.1, 0.15) is 16.9 Å². The largest absolute Gasteiger partial charge is 0.478 e. The number of methoxy groups -OCH3 is 1. The van der Waals surface area contributed by atoms with Crippen LogP contribution in [-0.4, -0.2) is 36.7 Å². The van der Waals surface area contributed by atoms with Crippen LogP contribution < -0.4 is 10.1 Å². The van der Waals surface area contributed by atoms with Crippen molar-refractivity contribution in [2.75, 3.05) is 13.9 Å². The minimum absolute atomic E-state index is 0.0260. The Hall–Kier alpha value is -2.28. The summed E-state index contributed by atoms with van der Waals surface area (Å²) in [6.07, 6.45) is -0.547. The van der Waals surface area contributed by atoms with E-state index in [1.165, 1.54) is 13.2 Å². The van der Waals surface area contributed by atoms with E-state index in [1.54, 1.807) is 32.9 Å². The molecule has 7 heteroatoms. The van der Waals surface area contributed by atoms with Crippen molar-refractivity contribution < 1.29 is 28.9 Å². The van der Waals surface area contributed by atoms with Crippen LogP contribution in [0.2, 0.25) is 0 Å². The summed E-state index contributed by atoms with van der Waals surface area (Å²) in [5.74, 6) is -0.921. The molecule has 0 bridgehead atoms. The topological polar surface area (TPSA) is 94.1 Å². The molecule has 2 N–H and O–H groups in total. The maximum absolute atomic E-state index is 11.6. The highest BCUT2D eigenvalue weighted by molar-refractivity contribution is 5.91. The molecule has 0 atom stereocenters. The van der Waals surface area contributed by atoms with Crippen molar-refractivity contribution in [3.8, 4) is 5.75 Å². The predicted molar refractivity (Wildman–Crippen MR) is 79.0 cm³/mol. The lowest BCUT2D eigenvalue weighted by atomic mass is 10.1. The first kappa shape index (κ1) is 17.8. The second-order valence-corrected chi connectivity index (χ2v) is 5.54. The van der Waals surface area contributed by atoms with Crippen LogP contribution in [0.3, 0.4) is 0 Å². The van der Waals surface area contributed by atoms with E-state index in [2.05, 4.69) is 5.32 Å². The number of carboxylic acids is 1. The minimum atomic E-state index is -1.10.